The summed E-state index contributed by atoms with van der Waals surface area (Å²) in [5, 5.41) is 0. The highest BCUT2D eigenvalue weighted by atomic mass is 16.5. The average molecular weight is 384 g/mol. The van der Waals surface area contributed by atoms with Gasteiger partial charge in [0, 0.05) is 17.9 Å². The molecule has 2 aromatic rings. The number of aromatic amines is 1. The van der Waals surface area contributed by atoms with Gasteiger partial charge in [-0.05, 0) is 38.5 Å². The summed E-state index contributed by atoms with van der Waals surface area (Å²) in [6.07, 6.45) is 1.60. The Morgan fingerprint density at radius 1 is 1.11 bits per heavy atom. The molecule has 0 atom stereocenters. The molecule has 0 bridgehead atoms. The van der Waals surface area contributed by atoms with Crippen LogP contribution in [0, 0.1) is 13.8 Å². The number of carbonyl (C=O) groups excluding carboxylic acids is 3. The number of aryl methyl sites for hydroxylation is 1. The number of aromatic nitrogens is 1. The van der Waals surface area contributed by atoms with E-state index < -0.39 is 18.5 Å². The molecule has 0 aliphatic carbocycles. The Hall–Kier alpha value is -3.35. The van der Waals surface area contributed by atoms with E-state index in [9.17, 15) is 14.4 Å². The molecule has 1 aromatic heterocycles. The molecule has 148 valence electrons. The summed E-state index contributed by atoms with van der Waals surface area (Å²) in [5.41, 5.74) is 2.02. The third kappa shape index (κ3) is 4.68. The largest absolute Gasteiger partial charge is 0.461 e. The Kier molecular flexibility index (Phi) is 7.14. The molecule has 0 radical (unpaired) electrons. The van der Waals surface area contributed by atoms with Crippen molar-refractivity contribution in [2.24, 2.45) is 0 Å². The monoisotopic (exact) mass is 384 g/mol. The number of rotatable bonds is 8. The topological polar surface area (TPSA) is 88.7 Å². The molecule has 1 amide bonds. The van der Waals surface area contributed by atoms with Crippen molar-refractivity contribution in [2.75, 3.05) is 24.7 Å². The van der Waals surface area contributed by atoms with E-state index in [4.69, 9.17) is 9.47 Å². The Bertz CT molecular complexity index is 870. The van der Waals surface area contributed by atoms with Crippen molar-refractivity contribution >= 4 is 23.5 Å². The number of hydrogen-bond acceptors (Lipinski definition) is 5. The van der Waals surface area contributed by atoms with Gasteiger partial charge in [0.15, 0.2) is 6.61 Å². The lowest BCUT2D eigenvalue weighted by atomic mass is 10.1. The molecule has 28 heavy (non-hydrogen) atoms. The van der Waals surface area contributed by atoms with Crippen LogP contribution in [0.15, 0.2) is 43.0 Å². The maximum Gasteiger partial charge on any atom is 0.355 e. The molecule has 1 N–H and O–H groups in total. The first-order valence-corrected chi connectivity index (χ1v) is 8.90. The fraction of sp³-hybridized carbons (Fsp3) is 0.286. The molecule has 1 heterocycles. The first-order valence-electron chi connectivity index (χ1n) is 8.90. The van der Waals surface area contributed by atoms with Gasteiger partial charge in [-0.2, -0.15) is 0 Å². The summed E-state index contributed by atoms with van der Waals surface area (Å²) >= 11 is 0. The second kappa shape index (κ2) is 9.55. The van der Waals surface area contributed by atoms with Gasteiger partial charge in [-0.15, -0.1) is 6.58 Å². The molecule has 0 saturated carbocycles. The smallest absolute Gasteiger partial charge is 0.355 e. The molecular formula is C21H24N2O5. The van der Waals surface area contributed by atoms with Crippen LogP contribution in [0.2, 0.25) is 0 Å². The lowest BCUT2D eigenvalue weighted by Crippen LogP contribution is -2.35. The summed E-state index contributed by atoms with van der Waals surface area (Å²) in [7, 11) is 0. The van der Waals surface area contributed by atoms with Gasteiger partial charge in [0.05, 0.1) is 12.2 Å². The number of para-hydroxylation sites is 1. The third-order valence-electron chi connectivity index (χ3n) is 4.13. The number of nitrogens with zero attached hydrogens (tertiary/aromatic N) is 1. The molecule has 7 nitrogen and oxygen atoms in total. The zero-order chi connectivity index (χ0) is 20.7. The van der Waals surface area contributed by atoms with Crippen LogP contribution in [-0.4, -0.2) is 42.6 Å². The quantitative estimate of drug-likeness (QED) is 0.558. The van der Waals surface area contributed by atoms with E-state index >= 15 is 0 Å². The van der Waals surface area contributed by atoms with Crippen LogP contribution in [0.4, 0.5) is 5.69 Å². The number of benzene rings is 1. The van der Waals surface area contributed by atoms with Crippen molar-refractivity contribution in [2.45, 2.75) is 20.8 Å². The lowest BCUT2D eigenvalue weighted by Gasteiger charge is -2.21. The number of H-pyrrole nitrogens is 1. The Morgan fingerprint density at radius 3 is 2.39 bits per heavy atom. The van der Waals surface area contributed by atoms with Gasteiger partial charge in [0.25, 0.3) is 5.91 Å². The van der Waals surface area contributed by atoms with Gasteiger partial charge in [0.1, 0.15) is 5.69 Å². The highest BCUT2D eigenvalue weighted by Crippen LogP contribution is 2.20. The van der Waals surface area contributed by atoms with Crippen LogP contribution >= 0.6 is 0 Å². The summed E-state index contributed by atoms with van der Waals surface area (Å²) in [6, 6.07) is 9.05. The van der Waals surface area contributed by atoms with E-state index in [1.54, 1.807) is 39.0 Å². The number of ether oxygens (including phenoxy) is 2. The van der Waals surface area contributed by atoms with Crippen molar-refractivity contribution < 1.29 is 23.9 Å². The molecular weight excluding hydrogens is 360 g/mol. The zero-order valence-electron chi connectivity index (χ0n) is 16.3. The normalized spacial score (nSPS) is 10.2. The molecule has 7 heteroatoms. The van der Waals surface area contributed by atoms with Crippen molar-refractivity contribution in [3.8, 4) is 0 Å². The Labute approximate surface area is 163 Å². The standard InChI is InChI=1S/C21H24N2O5/c1-5-12-23(16-10-8-7-9-11-16)17(24)13-28-20(25)18-14(3)19(22-15(18)4)21(26)27-6-2/h5,7-11,22H,1,6,12-13H2,2-4H3. The van der Waals surface area contributed by atoms with E-state index in [1.165, 1.54) is 4.90 Å². The van der Waals surface area contributed by atoms with Crippen molar-refractivity contribution in [3.05, 3.63) is 65.5 Å². The van der Waals surface area contributed by atoms with Crippen LogP contribution in [0.5, 0.6) is 0 Å². The minimum absolute atomic E-state index is 0.204. The number of amides is 1. The molecule has 0 unspecified atom stereocenters. The molecule has 0 fully saturated rings. The van der Waals surface area contributed by atoms with Crippen LogP contribution in [0.1, 0.15) is 39.0 Å². The van der Waals surface area contributed by atoms with Crippen LogP contribution < -0.4 is 4.90 Å². The number of anilines is 1. The maximum absolute atomic E-state index is 12.6. The second-order valence-corrected chi connectivity index (χ2v) is 6.05. The minimum Gasteiger partial charge on any atom is -0.461 e. The number of carbonyl (C=O) groups is 3. The number of nitrogens with one attached hydrogen (secondary N) is 1. The van der Waals surface area contributed by atoms with E-state index in [1.807, 2.05) is 18.2 Å². The Balaban J connectivity index is 2.12. The molecule has 1 aromatic carbocycles. The van der Waals surface area contributed by atoms with Gasteiger partial charge >= 0.3 is 11.9 Å². The predicted molar refractivity (Wildman–Crippen MR) is 105 cm³/mol. The molecule has 0 spiro atoms. The molecule has 0 aliphatic rings. The fourth-order valence-electron chi connectivity index (χ4n) is 2.83. The van der Waals surface area contributed by atoms with E-state index in [-0.39, 0.29) is 30.3 Å². The van der Waals surface area contributed by atoms with Crippen molar-refractivity contribution in [3.63, 3.8) is 0 Å². The summed E-state index contributed by atoms with van der Waals surface area (Å²) in [5.74, 6) is -1.60. The highest BCUT2D eigenvalue weighted by Gasteiger charge is 2.25. The van der Waals surface area contributed by atoms with Gasteiger partial charge in [0.2, 0.25) is 0 Å². The average Bonchev–Trinajstić information content (AvgIpc) is 2.99. The highest BCUT2D eigenvalue weighted by molar-refractivity contribution is 6.00. The van der Waals surface area contributed by atoms with E-state index in [0.717, 1.165) is 0 Å². The molecule has 0 aliphatic heterocycles. The van der Waals surface area contributed by atoms with E-state index in [0.29, 0.717) is 16.9 Å². The first kappa shape index (κ1) is 21.0. The number of hydrogen-bond donors (Lipinski definition) is 1. The van der Waals surface area contributed by atoms with Gasteiger partial charge < -0.3 is 19.4 Å². The van der Waals surface area contributed by atoms with Crippen molar-refractivity contribution in [1.82, 2.24) is 4.98 Å². The van der Waals surface area contributed by atoms with E-state index in [2.05, 4.69) is 11.6 Å². The van der Waals surface area contributed by atoms with Crippen molar-refractivity contribution in [1.29, 1.82) is 0 Å². The van der Waals surface area contributed by atoms with Gasteiger partial charge in [-0.3, -0.25) is 4.79 Å². The summed E-state index contributed by atoms with van der Waals surface area (Å²) < 4.78 is 10.2. The second-order valence-electron chi connectivity index (χ2n) is 6.05. The van der Waals surface area contributed by atoms with Crippen LogP contribution in [0.3, 0.4) is 0 Å². The predicted octanol–water partition coefficient (Wildman–Crippen LogP) is 3.18. The zero-order valence-corrected chi connectivity index (χ0v) is 16.3. The van der Waals surface area contributed by atoms with Gasteiger partial charge in [-0.1, -0.05) is 24.3 Å². The Morgan fingerprint density at radius 2 is 1.79 bits per heavy atom. The summed E-state index contributed by atoms with van der Waals surface area (Å²) in [6.45, 7) is 8.72. The van der Waals surface area contributed by atoms with Gasteiger partial charge in [-0.25, -0.2) is 9.59 Å². The fourth-order valence-corrected chi connectivity index (χ4v) is 2.83. The maximum atomic E-state index is 12.6. The minimum atomic E-state index is -0.679. The van der Waals surface area contributed by atoms with Crippen LogP contribution in [0.25, 0.3) is 0 Å². The van der Waals surface area contributed by atoms with Crippen LogP contribution in [-0.2, 0) is 14.3 Å². The number of esters is 2. The summed E-state index contributed by atoms with van der Waals surface area (Å²) in [4.78, 5) is 41.4. The first-order chi connectivity index (χ1) is 13.4. The SMILES string of the molecule is C=CCN(C(=O)COC(=O)c1c(C)[nH]c(C(=O)OCC)c1C)c1ccccc1. The lowest BCUT2D eigenvalue weighted by molar-refractivity contribution is -0.121. The third-order valence-corrected chi connectivity index (χ3v) is 4.13. The molecule has 2 rings (SSSR count). The molecule has 0 saturated heterocycles.